The number of nitrogens with zero attached hydrogens (tertiary/aromatic N) is 1. The lowest BCUT2D eigenvalue weighted by molar-refractivity contribution is -0.152. The molecule has 1 saturated carbocycles. The van der Waals surface area contributed by atoms with Crippen LogP contribution >= 0.6 is 0 Å². The number of ketones is 1. The van der Waals surface area contributed by atoms with Gasteiger partial charge in [0.25, 0.3) is 5.91 Å². The molecule has 5 N–H and O–H groups in total. The molecular formula is C33H57N5O7. The number of likely N-dealkylation sites (tertiary alicyclic amines) is 1. The molecule has 1 unspecified atom stereocenters. The lowest BCUT2D eigenvalue weighted by Gasteiger charge is -2.37. The van der Waals surface area contributed by atoms with Gasteiger partial charge in [-0.15, -0.1) is 0 Å². The summed E-state index contributed by atoms with van der Waals surface area (Å²) in [4.78, 5) is 80.5. The SMILES string of the molecule is CC(C)OC(=O)[C@H](NC(=O)N[C@H](C(=O)N1C[C@H](C(C)C)[C@H](C)[C@H]1C(=O)NC(CC1CCC1)C(=O)C(N)=O)C(C)(C)C)C(C)(C)C. The van der Waals surface area contributed by atoms with E-state index < -0.39 is 70.5 Å². The van der Waals surface area contributed by atoms with Crippen molar-refractivity contribution in [2.24, 2.45) is 40.2 Å². The molecule has 5 amide bonds. The van der Waals surface area contributed by atoms with E-state index in [2.05, 4.69) is 16.0 Å². The highest BCUT2D eigenvalue weighted by Gasteiger charge is 2.50. The number of primary amides is 1. The smallest absolute Gasteiger partial charge is 0.329 e. The minimum Gasteiger partial charge on any atom is -0.461 e. The molecule has 1 aliphatic carbocycles. The van der Waals surface area contributed by atoms with Crippen LogP contribution in [-0.4, -0.2) is 77.2 Å². The van der Waals surface area contributed by atoms with Gasteiger partial charge >= 0.3 is 12.0 Å². The zero-order valence-corrected chi connectivity index (χ0v) is 29.1. The Kier molecular flexibility index (Phi) is 12.6. The second-order valence-electron chi connectivity index (χ2n) is 15.7. The average Bonchev–Trinajstić information content (AvgIpc) is 3.21. The number of rotatable bonds is 12. The Morgan fingerprint density at radius 2 is 1.40 bits per heavy atom. The van der Waals surface area contributed by atoms with E-state index in [1.807, 2.05) is 20.8 Å². The number of carbonyl (C=O) groups excluding carboxylic acids is 6. The van der Waals surface area contributed by atoms with Crippen LogP contribution in [0.1, 0.15) is 102 Å². The highest BCUT2D eigenvalue weighted by Crippen LogP contribution is 2.37. The van der Waals surface area contributed by atoms with Gasteiger partial charge in [-0.05, 0) is 54.8 Å². The van der Waals surface area contributed by atoms with E-state index in [-0.39, 0.29) is 36.3 Å². The molecule has 0 radical (unpaired) electrons. The first-order valence-electron chi connectivity index (χ1n) is 16.3. The zero-order chi connectivity index (χ0) is 34.6. The van der Waals surface area contributed by atoms with Gasteiger partial charge in [0.05, 0.1) is 12.1 Å². The lowest BCUT2D eigenvalue weighted by atomic mass is 9.80. The maximum absolute atomic E-state index is 14.4. The molecule has 256 valence electrons. The molecule has 0 bridgehead atoms. The Labute approximate surface area is 268 Å². The number of carbonyl (C=O) groups is 6. The van der Waals surface area contributed by atoms with E-state index in [0.29, 0.717) is 6.42 Å². The van der Waals surface area contributed by atoms with Crippen LogP contribution in [0.3, 0.4) is 0 Å². The largest absolute Gasteiger partial charge is 0.461 e. The maximum Gasteiger partial charge on any atom is 0.329 e. The van der Waals surface area contributed by atoms with Gasteiger partial charge in [0.2, 0.25) is 17.6 Å². The van der Waals surface area contributed by atoms with Gasteiger partial charge < -0.3 is 31.3 Å². The number of nitrogens with one attached hydrogen (secondary N) is 3. The molecule has 12 heteroatoms. The first kappa shape index (κ1) is 38.0. The number of ether oxygens (including phenoxy) is 1. The molecule has 6 atom stereocenters. The highest BCUT2D eigenvalue weighted by atomic mass is 16.5. The molecule has 0 aromatic heterocycles. The van der Waals surface area contributed by atoms with Crippen molar-refractivity contribution in [3.8, 4) is 0 Å². The minimum absolute atomic E-state index is 0.0351. The molecule has 0 spiro atoms. The number of hydrogen-bond donors (Lipinski definition) is 4. The van der Waals surface area contributed by atoms with E-state index in [4.69, 9.17) is 10.5 Å². The molecule has 2 rings (SSSR count). The predicted octanol–water partition coefficient (Wildman–Crippen LogP) is 2.92. The fourth-order valence-corrected chi connectivity index (χ4v) is 6.22. The Morgan fingerprint density at radius 3 is 1.82 bits per heavy atom. The number of amides is 5. The quantitative estimate of drug-likeness (QED) is 0.188. The van der Waals surface area contributed by atoms with Crippen LogP contribution < -0.4 is 21.7 Å². The van der Waals surface area contributed by atoms with Gasteiger partial charge in [0, 0.05) is 6.54 Å². The van der Waals surface area contributed by atoms with E-state index in [9.17, 15) is 28.8 Å². The summed E-state index contributed by atoms with van der Waals surface area (Å²) in [5, 5.41) is 8.25. The van der Waals surface area contributed by atoms with Crippen LogP contribution in [0.15, 0.2) is 0 Å². The van der Waals surface area contributed by atoms with E-state index in [0.717, 1.165) is 19.3 Å². The summed E-state index contributed by atoms with van der Waals surface area (Å²) in [6, 6.07) is -4.77. The molecule has 1 heterocycles. The topological polar surface area (TPSA) is 177 Å². The average molecular weight is 636 g/mol. The third kappa shape index (κ3) is 9.90. The molecule has 1 saturated heterocycles. The zero-order valence-electron chi connectivity index (χ0n) is 29.1. The first-order chi connectivity index (χ1) is 20.6. The van der Waals surface area contributed by atoms with Crippen LogP contribution in [-0.2, 0) is 28.7 Å². The molecule has 0 aromatic carbocycles. The molecule has 45 heavy (non-hydrogen) atoms. The summed E-state index contributed by atoms with van der Waals surface area (Å²) < 4.78 is 5.37. The van der Waals surface area contributed by atoms with Crippen LogP contribution in [0.5, 0.6) is 0 Å². The van der Waals surface area contributed by atoms with Gasteiger partial charge in [-0.2, -0.15) is 0 Å². The third-order valence-corrected chi connectivity index (χ3v) is 9.11. The second-order valence-corrected chi connectivity index (χ2v) is 15.7. The van der Waals surface area contributed by atoms with Crippen molar-refractivity contribution >= 4 is 35.5 Å². The summed E-state index contributed by atoms with van der Waals surface area (Å²) in [7, 11) is 0. The Bertz CT molecular complexity index is 1120. The maximum atomic E-state index is 14.4. The fraction of sp³-hybridized carbons (Fsp3) is 0.818. The number of Topliss-reactive ketones (excluding diaryl/α,β-unsaturated/α-hetero) is 1. The minimum atomic E-state index is -1.11. The van der Waals surface area contributed by atoms with E-state index in [1.54, 1.807) is 55.4 Å². The van der Waals surface area contributed by atoms with Gasteiger partial charge in [0.1, 0.15) is 18.1 Å². The normalized spacial score (nSPS) is 22.7. The van der Waals surface area contributed by atoms with Gasteiger partial charge in [-0.25, -0.2) is 9.59 Å². The van der Waals surface area contributed by atoms with Crippen molar-refractivity contribution in [1.82, 2.24) is 20.9 Å². The summed E-state index contributed by atoms with van der Waals surface area (Å²) >= 11 is 0. The number of hydrogen-bond acceptors (Lipinski definition) is 7. The number of nitrogens with two attached hydrogens (primary N) is 1. The van der Waals surface area contributed by atoms with Gasteiger partial charge in [-0.3, -0.25) is 19.2 Å². The Hall–Kier alpha value is -3.18. The molecule has 2 fully saturated rings. The number of esters is 1. The van der Waals surface area contributed by atoms with E-state index in [1.165, 1.54) is 4.90 Å². The van der Waals surface area contributed by atoms with Crippen molar-refractivity contribution in [2.45, 2.75) is 132 Å². The van der Waals surface area contributed by atoms with Crippen molar-refractivity contribution in [1.29, 1.82) is 0 Å². The summed E-state index contributed by atoms with van der Waals surface area (Å²) in [6.07, 6.45) is 2.78. The van der Waals surface area contributed by atoms with Crippen LogP contribution in [0.2, 0.25) is 0 Å². The highest BCUT2D eigenvalue weighted by molar-refractivity contribution is 6.37. The summed E-state index contributed by atoms with van der Waals surface area (Å²) in [6.45, 7) is 20.5. The summed E-state index contributed by atoms with van der Waals surface area (Å²) in [5.41, 5.74) is 3.87. The molecule has 12 nitrogen and oxygen atoms in total. The summed E-state index contributed by atoms with van der Waals surface area (Å²) in [5.74, 6) is -3.49. The van der Waals surface area contributed by atoms with Crippen molar-refractivity contribution < 1.29 is 33.5 Å². The Morgan fingerprint density at radius 1 is 0.867 bits per heavy atom. The standard InChI is InChI=1S/C33H57N5O7/c1-17(2)21-16-38(23(19(21)5)28(41)35-22(24(39)27(34)40)15-20-13-12-14-20)29(42)25(32(6,7)8)36-31(44)37-26(33(9,10)11)30(43)45-18(3)4/h17-23,25-26H,12-16H2,1-11H3,(H2,34,40)(H,35,41)(H2,36,37,44)/t19-,21+,22?,23-,25+,26-/m0/s1. The van der Waals surface area contributed by atoms with Gasteiger partial charge in [0.15, 0.2) is 0 Å². The van der Waals surface area contributed by atoms with Crippen LogP contribution in [0.4, 0.5) is 4.79 Å². The fourth-order valence-electron chi connectivity index (χ4n) is 6.22. The molecule has 0 aromatic rings. The third-order valence-electron chi connectivity index (χ3n) is 9.11. The Balaban J connectivity index is 2.38. The van der Waals surface area contributed by atoms with E-state index >= 15 is 0 Å². The molecule has 1 aliphatic heterocycles. The predicted molar refractivity (Wildman–Crippen MR) is 170 cm³/mol. The second kappa shape index (κ2) is 14.9. The monoisotopic (exact) mass is 635 g/mol. The van der Waals surface area contributed by atoms with Crippen molar-refractivity contribution in [2.75, 3.05) is 6.54 Å². The lowest BCUT2D eigenvalue weighted by Crippen LogP contribution is -2.62. The van der Waals surface area contributed by atoms with Crippen LogP contribution in [0.25, 0.3) is 0 Å². The van der Waals surface area contributed by atoms with Crippen molar-refractivity contribution in [3.05, 3.63) is 0 Å². The number of urea groups is 1. The van der Waals surface area contributed by atoms with Crippen LogP contribution in [0, 0.1) is 34.5 Å². The first-order valence-corrected chi connectivity index (χ1v) is 16.3. The molecular weight excluding hydrogens is 578 g/mol. The van der Waals surface area contributed by atoms with Gasteiger partial charge in [-0.1, -0.05) is 81.6 Å². The van der Waals surface area contributed by atoms with Crippen molar-refractivity contribution in [3.63, 3.8) is 0 Å². The molecule has 2 aliphatic rings.